The molecule has 0 unspecified atom stereocenters. The molecule has 1 fully saturated rings. The van der Waals surface area contributed by atoms with Gasteiger partial charge in [-0.25, -0.2) is 4.99 Å². The lowest BCUT2D eigenvalue weighted by Gasteiger charge is -2.30. The molecule has 1 aliphatic heterocycles. The third-order valence-electron chi connectivity index (χ3n) is 3.91. The molecular weight excluding hydrogens is 288 g/mol. The van der Waals surface area contributed by atoms with Crippen molar-refractivity contribution in [2.24, 2.45) is 4.99 Å². The number of benzene rings is 2. The second-order valence-corrected chi connectivity index (χ2v) is 5.49. The van der Waals surface area contributed by atoms with Gasteiger partial charge in [0.05, 0.1) is 26.0 Å². The van der Waals surface area contributed by atoms with Crippen molar-refractivity contribution in [1.29, 1.82) is 0 Å². The van der Waals surface area contributed by atoms with Crippen LogP contribution in [0.2, 0.25) is 0 Å². The first-order valence-electron chi connectivity index (χ1n) is 7.93. The van der Waals surface area contributed by atoms with Crippen LogP contribution in [-0.4, -0.2) is 44.1 Å². The molecule has 0 spiro atoms. The van der Waals surface area contributed by atoms with E-state index in [1.165, 1.54) is 5.56 Å². The third kappa shape index (κ3) is 4.33. The van der Waals surface area contributed by atoms with Crippen LogP contribution < -0.4 is 4.74 Å². The number of morpholine rings is 1. The van der Waals surface area contributed by atoms with E-state index in [9.17, 15) is 0 Å². The first-order valence-corrected chi connectivity index (χ1v) is 7.93. The van der Waals surface area contributed by atoms with E-state index >= 15 is 0 Å². The van der Waals surface area contributed by atoms with Gasteiger partial charge in [-0.15, -0.1) is 0 Å². The fourth-order valence-corrected chi connectivity index (χ4v) is 2.62. The molecule has 4 nitrogen and oxygen atoms in total. The Morgan fingerprint density at radius 2 is 1.74 bits per heavy atom. The number of nitrogens with zero attached hydrogens (tertiary/aromatic N) is 2. The zero-order valence-electron chi connectivity index (χ0n) is 13.4. The Labute approximate surface area is 137 Å². The van der Waals surface area contributed by atoms with Crippen molar-refractivity contribution in [3.63, 3.8) is 0 Å². The molecule has 1 heterocycles. The Balaban J connectivity index is 1.83. The molecule has 2 aromatic rings. The highest BCUT2D eigenvalue weighted by molar-refractivity contribution is 5.87. The SMILES string of the molecule is COc1ccc(CC(=Nc2ccccc2)N2CCOCC2)cc1. The average molecular weight is 310 g/mol. The first-order chi connectivity index (χ1) is 11.3. The van der Waals surface area contributed by atoms with Crippen LogP contribution in [0.5, 0.6) is 5.75 Å². The Hall–Kier alpha value is -2.33. The van der Waals surface area contributed by atoms with Gasteiger partial charge in [0, 0.05) is 19.5 Å². The summed E-state index contributed by atoms with van der Waals surface area (Å²) in [5, 5.41) is 0. The maximum atomic E-state index is 5.47. The third-order valence-corrected chi connectivity index (χ3v) is 3.91. The minimum atomic E-state index is 0.760. The summed E-state index contributed by atoms with van der Waals surface area (Å²) in [5.41, 5.74) is 2.22. The predicted molar refractivity (Wildman–Crippen MR) is 92.6 cm³/mol. The van der Waals surface area contributed by atoms with Gasteiger partial charge in [-0.05, 0) is 29.8 Å². The lowest BCUT2D eigenvalue weighted by molar-refractivity contribution is 0.0674. The van der Waals surface area contributed by atoms with Crippen LogP contribution in [-0.2, 0) is 11.2 Å². The molecule has 0 amide bonds. The quantitative estimate of drug-likeness (QED) is 0.642. The van der Waals surface area contributed by atoms with Crippen molar-refractivity contribution in [2.75, 3.05) is 33.4 Å². The molecule has 3 rings (SSSR count). The van der Waals surface area contributed by atoms with Crippen LogP contribution in [0.4, 0.5) is 5.69 Å². The molecule has 1 saturated heterocycles. The summed E-state index contributed by atoms with van der Waals surface area (Å²) in [4.78, 5) is 7.20. The Bertz CT molecular complexity index is 632. The minimum Gasteiger partial charge on any atom is -0.497 e. The van der Waals surface area contributed by atoms with E-state index in [1.54, 1.807) is 7.11 Å². The highest BCUT2D eigenvalue weighted by Gasteiger charge is 2.16. The van der Waals surface area contributed by atoms with Crippen LogP contribution in [0, 0.1) is 0 Å². The van der Waals surface area contributed by atoms with Crippen molar-refractivity contribution in [2.45, 2.75) is 6.42 Å². The Morgan fingerprint density at radius 3 is 2.39 bits per heavy atom. The molecule has 4 heteroatoms. The normalized spacial score (nSPS) is 15.5. The summed E-state index contributed by atoms with van der Waals surface area (Å²) in [5.74, 6) is 1.96. The highest BCUT2D eigenvalue weighted by Crippen LogP contribution is 2.17. The number of para-hydroxylation sites is 1. The van der Waals surface area contributed by atoms with Gasteiger partial charge in [0.15, 0.2) is 0 Å². The van der Waals surface area contributed by atoms with E-state index in [2.05, 4.69) is 17.0 Å². The van der Waals surface area contributed by atoms with Crippen molar-refractivity contribution in [3.05, 3.63) is 60.2 Å². The predicted octanol–water partition coefficient (Wildman–Crippen LogP) is 3.30. The summed E-state index contributed by atoms with van der Waals surface area (Å²) in [6.07, 6.45) is 0.804. The lowest BCUT2D eigenvalue weighted by Crippen LogP contribution is -2.41. The number of ether oxygens (including phenoxy) is 2. The van der Waals surface area contributed by atoms with Gasteiger partial charge in [0.2, 0.25) is 0 Å². The maximum absolute atomic E-state index is 5.47. The van der Waals surface area contributed by atoms with E-state index < -0.39 is 0 Å². The zero-order chi connectivity index (χ0) is 15.9. The summed E-state index contributed by atoms with van der Waals surface area (Å²) >= 11 is 0. The molecule has 0 atom stereocenters. The van der Waals surface area contributed by atoms with Crippen molar-refractivity contribution < 1.29 is 9.47 Å². The topological polar surface area (TPSA) is 34.1 Å². The molecule has 120 valence electrons. The van der Waals surface area contributed by atoms with E-state index in [1.807, 2.05) is 42.5 Å². The zero-order valence-corrected chi connectivity index (χ0v) is 13.4. The van der Waals surface area contributed by atoms with Crippen LogP contribution in [0.3, 0.4) is 0 Å². The molecule has 0 bridgehead atoms. The number of rotatable bonds is 4. The van der Waals surface area contributed by atoms with Crippen molar-refractivity contribution in [1.82, 2.24) is 4.90 Å². The number of aliphatic imine (C=N–C) groups is 1. The molecular formula is C19H22N2O2. The van der Waals surface area contributed by atoms with Crippen LogP contribution in [0.25, 0.3) is 0 Å². The summed E-state index contributed by atoms with van der Waals surface area (Å²) in [6.45, 7) is 3.30. The smallest absolute Gasteiger partial charge is 0.118 e. The molecule has 0 aromatic heterocycles. The fraction of sp³-hybridized carbons (Fsp3) is 0.316. The van der Waals surface area contributed by atoms with Crippen molar-refractivity contribution >= 4 is 11.5 Å². The molecule has 2 aromatic carbocycles. The molecule has 0 N–H and O–H groups in total. The standard InChI is InChI=1S/C19H22N2O2/c1-22-18-9-7-16(8-10-18)15-19(21-11-13-23-14-12-21)20-17-5-3-2-4-6-17/h2-10H,11-15H2,1H3. The molecule has 23 heavy (non-hydrogen) atoms. The van der Waals surface area contributed by atoms with Crippen molar-refractivity contribution in [3.8, 4) is 5.75 Å². The second-order valence-electron chi connectivity index (χ2n) is 5.49. The molecule has 0 radical (unpaired) electrons. The number of methoxy groups -OCH3 is 1. The van der Waals surface area contributed by atoms with Gasteiger partial charge in [-0.1, -0.05) is 30.3 Å². The lowest BCUT2D eigenvalue weighted by atomic mass is 10.1. The minimum absolute atomic E-state index is 0.760. The fourth-order valence-electron chi connectivity index (χ4n) is 2.62. The highest BCUT2D eigenvalue weighted by atomic mass is 16.5. The Kier molecular flexibility index (Phi) is 5.27. The number of hydrogen-bond acceptors (Lipinski definition) is 3. The number of amidine groups is 1. The van der Waals surface area contributed by atoms with E-state index in [0.717, 1.165) is 50.0 Å². The Morgan fingerprint density at radius 1 is 1.04 bits per heavy atom. The van der Waals surface area contributed by atoms with Gasteiger partial charge in [0.1, 0.15) is 11.6 Å². The molecule has 0 saturated carbocycles. The van der Waals surface area contributed by atoms with Gasteiger partial charge < -0.3 is 14.4 Å². The van der Waals surface area contributed by atoms with E-state index in [-0.39, 0.29) is 0 Å². The number of hydrogen-bond donors (Lipinski definition) is 0. The maximum Gasteiger partial charge on any atom is 0.118 e. The van der Waals surface area contributed by atoms with E-state index in [0.29, 0.717) is 0 Å². The molecule has 1 aliphatic rings. The van der Waals surface area contributed by atoms with Crippen LogP contribution >= 0.6 is 0 Å². The van der Waals surface area contributed by atoms with Crippen LogP contribution in [0.15, 0.2) is 59.6 Å². The van der Waals surface area contributed by atoms with Crippen LogP contribution in [0.1, 0.15) is 5.56 Å². The monoisotopic (exact) mass is 310 g/mol. The summed E-state index contributed by atoms with van der Waals surface area (Å²) in [6, 6.07) is 18.3. The average Bonchev–Trinajstić information content (AvgIpc) is 2.63. The van der Waals surface area contributed by atoms with E-state index in [4.69, 9.17) is 14.5 Å². The first kappa shape index (κ1) is 15.6. The van der Waals surface area contributed by atoms with Gasteiger partial charge in [-0.2, -0.15) is 0 Å². The largest absolute Gasteiger partial charge is 0.497 e. The second kappa shape index (κ2) is 7.79. The van der Waals surface area contributed by atoms with Gasteiger partial charge in [0.25, 0.3) is 0 Å². The van der Waals surface area contributed by atoms with Gasteiger partial charge >= 0.3 is 0 Å². The summed E-state index contributed by atoms with van der Waals surface area (Å²) < 4.78 is 10.7. The summed E-state index contributed by atoms with van der Waals surface area (Å²) in [7, 11) is 1.69. The molecule has 0 aliphatic carbocycles. The van der Waals surface area contributed by atoms with Gasteiger partial charge in [-0.3, -0.25) is 0 Å².